The quantitative estimate of drug-likeness (QED) is 0.481. The van der Waals surface area contributed by atoms with Gasteiger partial charge in [0.1, 0.15) is 5.75 Å². The van der Waals surface area contributed by atoms with Crippen molar-refractivity contribution in [3.05, 3.63) is 26.8 Å². The van der Waals surface area contributed by atoms with Crippen LogP contribution in [-0.2, 0) is 0 Å². The molecule has 6 heteroatoms. The van der Waals surface area contributed by atoms with Crippen LogP contribution in [0, 0.1) is 3.57 Å². The van der Waals surface area contributed by atoms with Crippen molar-refractivity contribution in [1.82, 2.24) is 0 Å². The van der Waals surface area contributed by atoms with Crippen LogP contribution in [0.1, 0.15) is 27.6 Å². The molecule has 0 radical (unpaired) electrons. The molecular formula is C10H7F2IO3. The summed E-state index contributed by atoms with van der Waals surface area (Å²) in [5, 5.41) is 0. The maximum absolute atomic E-state index is 12.0. The van der Waals surface area contributed by atoms with Crippen molar-refractivity contribution < 1.29 is 23.1 Å². The zero-order chi connectivity index (χ0) is 12.3. The van der Waals surface area contributed by atoms with E-state index in [-0.39, 0.29) is 22.7 Å². The Morgan fingerprint density at radius 2 is 2.12 bits per heavy atom. The standard InChI is InChI=1S/C10H7F2IO3/c1-5(15)9-6(4-14)2-7(3-8(9)13)16-10(11)12/h2-4,10H,1H3. The number of benzene rings is 1. The number of ketones is 1. The highest BCUT2D eigenvalue weighted by atomic mass is 127. The minimum atomic E-state index is -2.96. The Kier molecular flexibility index (Phi) is 4.34. The zero-order valence-corrected chi connectivity index (χ0v) is 10.3. The van der Waals surface area contributed by atoms with E-state index < -0.39 is 6.61 Å². The Labute approximate surface area is 104 Å². The van der Waals surface area contributed by atoms with E-state index >= 15 is 0 Å². The first-order valence-corrected chi connectivity index (χ1v) is 5.28. The van der Waals surface area contributed by atoms with E-state index in [1.165, 1.54) is 13.0 Å². The van der Waals surface area contributed by atoms with Gasteiger partial charge in [-0.25, -0.2) is 0 Å². The van der Waals surface area contributed by atoms with Crippen LogP contribution in [0.2, 0.25) is 0 Å². The number of hydrogen-bond donors (Lipinski definition) is 0. The van der Waals surface area contributed by atoms with Gasteiger partial charge in [0.2, 0.25) is 0 Å². The topological polar surface area (TPSA) is 43.4 Å². The molecule has 0 atom stereocenters. The van der Waals surface area contributed by atoms with Crippen molar-refractivity contribution in [3.63, 3.8) is 0 Å². The van der Waals surface area contributed by atoms with Crippen LogP contribution in [0.15, 0.2) is 12.1 Å². The number of aldehydes is 1. The van der Waals surface area contributed by atoms with Crippen molar-refractivity contribution in [2.45, 2.75) is 13.5 Å². The first-order chi connectivity index (χ1) is 7.45. The van der Waals surface area contributed by atoms with E-state index in [1.54, 1.807) is 22.6 Å². The lowest BCUT2D eigenvalue weighted by Gasteiger charge is -2.09. The van der Waals surface area contributed by atoms with Gasteiger partial charge in [-0.15, -0.1) is 0 Å². The Balaban J connectivity index is 3.26. The third kappa shape index (κ3) is 2.97. The minimum absolute atomic E-state index is 0.0510. The van der Waals surface area contributed by atoms with Crippen molar-refractivity contribution in [2.75, 3.05) is 0 Å². The van der Waals surface area contributed by atoms with Gasteiger partial charge in [-0.3, -0.25) is 9.59 Å². The number of alkyl halides is 2. The lowest BCUT2D eigenvalue weighted by atomic mass is 10.1. The molecule has 0 saturated carbocycles. The summed E-state index contributed by atoms with van der Waals surface area (Å²) in [5.74, 6) is -0.429. The summed E-state index contributed by atoms with van der Waals surface area (Å²) in [4.78, 5) is 22.0. The molecule has 0 saturated heterocycles. The molecule has 0 unspecified atom stereocenters. The number of rotatable bonds is 4. The molecule has 0 aliphatic rings. The second kappa shape index (κ2) is 5.33. The van der Waals surface area contributed by atoms with Crippen LogP contribution >= 0.6 is 22.6 Å². The molecule has 0 bridgehead atoms. The summed E-state index contributed by atoms with van der Waals surface area (Å²) in [7, 11) is 0. The van der Waals surface area contributed by atoms with Gasteiger partial charge in [-0.2, -0.15) is 8.78 Å². The van der Waals surface area contributed by atoms with Crippen LogP contribution in [-0.4, -0.2) is 18.7 Å². The number of ether oxygens (including phenoxy) is 1. The zero-order valence-electron chi connectivity index (χ0n) is 8.17. The smallest absolute Gasteiger partial charge is 0.387 e. The molecular weight excluding hydrogens is 333 g/mol. The van der Waals surface area contributed by atoms with E-state index in [0.29, 0.717) is 9.86 Å². The molecule has 0 spiro atoms. The first-order valence-electron chi connectivity index (χ1n) is 4.20. The molecule has 0 aliphatic carbocycles. The van der Waals surface area contributed by atoms with E-state index in [2.05, 4.69) is 4.74 Å². The second-order valence-electron chi connectivity index (χ2n) is 2.92. The summed E-state index contributed by atoms with van der Waals surface area (Å²) in [6.07, 6.45) is 0.442. The van der Waals surface area contributed by atoms with Crippen LogP contribution in [0.3, 0.4) is 0 Å². The highest BCUT2D eigenvalue weighted by molar-refractivity contribution is 14.1. The first kappa shape index (κ1) is 13.0. The SMILES string of the molecule is CC(=O)c1c(I)cc(OC(F)F)cc1C=O. The minimum Gasteiger partial charge on any atom is -0.435 e. The summed E-state index contributed by atoms with van der Waals surface area (Å²) in [5.41, 5.74) is 0.271. The third-order valence-electron chi connectivity index (χ3n) is 1.80. The van der Waals surface area contributed by atoms with Gasteiger partial charge in [0.05, 0.1) is 0 Å². The highest BCUT2D eigenvalue weighted by Crippen LogP contribution is 2.25. The highest BCUT2D eigenvalue weighted by Gasteiger charge is 2.15. The molecule has 1 aromatic rings. The Bertz CT molecular complexity index is 432. The monoisotopic (exact) mass is 340 g/mol. The fraction of sp³-hybridized carbons (Fsp3) is 0.200. The Morgan fingerprint density at radius 1 is 1.50 bits per heavy atom. The molecule has 86 valence electrons. The number of carbonyl (C=O) groups excluding carboxylic acids is 2. The average molecular weight is 340 g/mol. The summed E-state index contributed by atoms with van der Waals surface area (Å²) < 4.78 is 28.5. The van der Waals surface area contributed by atoms with E-state index in [0.717, 1.165) is 6.07 Å². The van der Waals surface area contributed by atoms with Gasteiger partial charge in [-0.1, -0.05) is 0 Å². The normalized spacial score (nSPS) is 10.3. The fourth-order valence-electron chi connectivity index (χ4n) is 1.24. The summed E-state index contributed by atoms with van der Waals surface area (Å²) >= 11 is 1.79. The Hall–Kier alpha value is -1.05. The molecule has 0 N–H and O–H groups in total. The van der Waals surface area contributed by atoms with E-state index in [4.69, 9.17) is 0 Å². The van der Waals surface area contributed by atoms with Crippen LogP contribution in [0.5, 0.6) is 5.75 Å². The van der Waals surface area contributed by atoms with Crippen molar-refractivity contribution >= 4 is 34.7 Å². The van der Waals surface area contributed by atoms with Gasteiger partial charge < -0.3 is 4.74 Å². The molecule has 0 aliphatic heterocycles. The number of hydrogen-bond acceptors (Lipinski definition) is 3. The summed E-state index contributed by atoms with van der Waals surface area (Å²) in [6, 6.07) is 2.41. The predicted molar refractivity (Wildman–Crippen MR) is 61.2 cm³/mol. The molecule has 1 rings (SSSR count). The molecule has 0 heterocycles. The maximum atomic E-state index is 12.0. The second-order valence-corrected chi connectivity index (χ2v) is 4.08. The molecule has 3 nitrogen and oxygen atoms in total. The molecule has 0 aromatic heterocycles. The van der Waals surface area contributed by atoms with Crippen molar-refractivity contribution in [2.24, 2.45) is 0 Å². The van der Waals surface area contributed by atoms with Crippen LogP contribution < -0.4 is 4.74 Å². The lowest BCUT2D eigenvalue weighted by Crippen LogP contribution is -2.06. The molecule has 16 heavy (non-hydrogen) atoms. The van der Waals surface area contributed by atoms with Crippen LogP contribution in [0.25, 0.3) is 0 Å². The lowest BCUT2D eigenvalue weighted by molar-refractivity contribution is -0.0499. The van der Waals surface area contributed by atoms with E-state index in [1.807, 2.05) is 0 Å². The van der Waals surface area contributed by atoms with Gasteiger partial charge in [0, 0.05) is 14.7 Å². The van der Waals surface area contributed by atoms with Gasteiger partial charge in [0.25, 0.3) is 0 Å². The largest absolute Gasteiger partial charge is 0.435 e. The van der Waals surface area contributed by atoms with Crippen molar-refractivity contribution in [3.8, 4) is 5.75 Å². The maximum Gasteiger partial charge on any atom is 0.387 e. The molecule has 0 amide bonds. The molecule has 0 fully saturated rings. The average Bonchev–Trinajstić information content (AvgIpc) is 2.14. The third-order valence-corrected chi connectivity index (χ3v) is 2.65. The number of carbonyl (C=O) groups is 2. The van der Waals surface area contributed by atoms with Crippen LogP contribution in [0.4, 0.5) is 8.78 Å². The number of Topliss-reactive ketones (excluding diaryl/α,β-unsaturated/α-hetero) is 1. The van der Waals surface area contributed by atoms with Gasteiger partial charge in [-0.05, 0) is 41.6 Å². The number of halogens is 3. The fourth-order valence-corrected chi connectivity index (χ4v) is 2.24. The van der Waals surface area contributed by atoms with Crippen molar-refractivity contribution in [1.29, 1.82) is 0 Å². The Morgan fingerprint density at radius 3 is 2.56 bits per heavy atom. The predicted octanol–water partition coefficient (Wildman–Crippen LogP) is 2.91. The summed E-state index contributed by atoms with van der Waals surface area (Å²) in [6.45, 7) is -1.66. The molecule has 1 aromatic carbocycles. The van der Waals surface area contributed by atoms with Gasteiger partial charge in [0.15, 0.2) is 12.1 Å². The van der Waals surface area contributed by atoms with Gasteiger partial charge >= 0.3 is 6.61 Å². The van der Waals surface area contributed by atoms with E-state index in [9.17, 15) is 18.4 Å².